The molecule has 1 N–H and O–H groups in total. The van der Waals surface area contributed by atoms with E-state index < -0.39 is 0 Å². The van der Waals surface area contributed by atoms with Gasteiger partial charge in [0.05, 0.1) is 7.11 Å². The zero-order valence-corrected chi connectivity index (χ0v) is 10.0. The summed E-state index contributed by atoms with van der Waals surface area (Å²) in [6, 6.07) is 5.87. The third-order valence-corrected chi connectivity index (χ3v) is 3.10. The van der Waals surface area contributed by atoms with Crippen molar-refractivity contribution in [2.45, 2.75) is 12.3 Å². The number of ether oxygens (including phenoxy) is 1. The summed E-state index contributed by atoms with van der Waals surface area (Å²) in [5.41, 5.74) is 1.09. The minimum Gasteiger partial charge on any atom is -0.496 e. The Morgan fingerprint density at radius 2 is 2.33 bits per heavy atom. The largest absolute Gasteiger partial charge is 0.496 e. The molecule has 1 aliphatic heterocycles. The van der Waals surface area contributed by atoms with Crippen molar-refractivity contribution < 1.29 is 9.53 Å². The molecule has 4 heteroatoms. The van der Waals surface area contributed by atoms with Gasteiger partial charge in [0.15, 0.2) is 0 Å². The molecule has 0 spiro atoms. The minimum atomic E-state index is 0.113. The van der Waals surface area contributed by atoms with E-state index in [2.05, 4.69) is 21.2 Å². The first-order valence-electron chi connectivity index (χ1n) is 4.81. The lowest BCUT2D eigenvalue weighted by molar-refractivity contribution is -0.119. The number of methoxy groups -OCH3 is 1. The maximum Gasteiger partial charge on any atom is 0.220 e. The van der Waals surface area contributed by atoms with Gasteiger partial charge in [0.2, 0.25) is 5.91 Å². The van der Waals surface area contributed by atoms with Gasteiger partial charge in [-0.1, -0.05) is 15.9 Å². The van der Waals surface area contributed by atoms with Crippen LogP contribution in [0.3, 0.4) is 0 Å². The van der Waals surface area contributed by atoms with Gasteiger partial charge in [0.1, 0.15) is 5.75 Å². The van der Waals surface area contributed by atoms with Crippen LogP contribution in [0.4, 0.5) is 0 Å². The first-order chi connectivity index (χ1) is 7.20. The van der Waals surface area contributed by atoms with Crippen LogP contribution in [0.1, 0.15) is 17.9 Å². The lowest BCUT2D eigenvalue weighted by Crippen LogP contribution is -2.13. The van der Waals surface area contributed by atoms with Gasteiger partial charge in [0, 0.05) is 28.9 Å². The zero-order valence-electron chi connectivity index (χ0n) is 8.42. The van der Waals surface area contributed by atoms with Gasteiger partial charge in [0.25, 0.3) is 0 Å². The Bertz CT molecular complexity index is 392. The molecule has 0 bridgehead atoms. The van der Waals surface area contributed by atoms with Gasteiger partial charge in [-0.3, -0.25) is 4.79 Å². The van der Waals surface area contributed by atoms with E-state index in [0.29, 0.717) is 13.0 Å². The molecule has 2 rings (SSSR count). The first-order valence-corrected chi connectivity index (χ1v) is 5.60. The maximum atomic E-state index is 11.1. The summed E-state index contributed by atoms with van der Waals surface area (Å²) in [6.07, 6.45) is 0.548. The Hall–Kier alpha value is -1.03. The number of carbonyl (C=O) groups is 1. The highest BCUT2D eigenvalue weighted by atomic mass is 79.9. The standard InChI is InChI=1S/C11H12BrNO2/c1-15-10-3-2-8(12)5-9(10)7-4-11(14)13-6-7/h2-3,5,7H,4,6H2,1H3,(H,13,14). The van der Waals surface area contributed by atoms with E-state index in [9.17, 15) is 4.79 Å². The Labute approximate surface area is 96.9 Å². The summed E-state index contributed by atoms with van der Waals surface area (Å²) in [4.78, 5) is 11.1. The van der Waals surface area contributed by atoms with Gasteiger partial charge in [-0.25, -0.2) is 0 Å². The van der Waals surface area contributed by atoms with Crippen LogP contribution in [0.25, 0.3) is 0 Å². The van der Waals surface area contributed by atoms with Crippen LogP contribution in [0.2, 0.25) is 0 Å². The molecular weight excluding hydrogens is 258 g/mol. The molecule has 1 aromatic carbocycles. The molecule has 1 fully saturated rings. The van der Waals surface area contributed by atoms with Gasteiger partial charge in [-0.15, -0.1) is 0 Å². The van der Waals surface area contributed by atoms with Gasteiger partial charge >= 0.3 is 0 Å². The first kappa shape index (κ1) is 10.5. The number of rotatable bonds is 2. The third kappa shape index (κ3) is 2.15. The summed E-state index contributed by atoms with van der Waals surface area (Å²) in [7, 11) is 1.65. The van der Waals surface area contributed by atoms with Crippen molar-refractivity contribution in [3.63, 3.8) is 0 Å². The van der Waals surface area contributed by atoms with Crippen LogP contribution in [-0.4, -0.2) is 19.6 Å². The summed E-state index contributed by atoms with van der Waals surface area (Å²) >= 11 is 3.43. The molecule has 80 valence electrons. The van der Waals surface area contributed by atoms with E-state index >= 15 is 0 Å². The Morgan fingerprint density at radius 1 is 1.53 bits per heavy atom. The molecule has 3 nitrogen and oxygen atoms in total. The van der Waals surface area contributed by atoms with E-state index in [1.807, 2.05) is 18.2 Å². The number of nitrogens with one attached hydrogen (secondary N) is 1. The summed E-state index contributed by atoms with van der Waals surface area (Å²) in [5.74, 6) is 1.19. The van der Waals surface area contributed by atoms with Crippen molar-refractivity contribution in [3.8, 4) is 5.75 Å². The molecule has 1 amide bonds. The van der Waals surface area contributed by atoms with Crippen LogP contribution in [0.5, 0.6) is 5.75 Å². The monoisotopic (exact) mass is 269 g/mol. The molecular formula is C11H12BrNO2. The molecule has 0 saturated carbocycles. The number of halogens is 1. The average Bonchev–Trinajstić information content (AvgIpc) is 2.65. The molecule has 1 aliphatic rings. The SMILES string of the molecule is COc1ccc(Br)cc1C1CNC(=O)C1. The Morgan fingerprint density at radius 3 is 2.93 bits per heavy atom. The second-order valence-electron chi connectivity index (χ2n) is 3.59. The van der Waals surface area contributed by atoms with Gasteiger partial charge in [-0.2, -0.15) is 0 Å². The predicted molar refractivity (Wildman–Crippen MR) is 61.1 cm³/mol. The molecule has 1 unspecified atom stereocenters. The summed E-state index contributed by atoms with van der Waals surface area (Å²) in [5, 5.41) is 2.83. The number of hydrogen-bond acceptors (Lipinski definition) is 2. The van der Waals surface area contributed by atoms with E-state index in [4.69, 9.17) is 4.74 Å². The Balaban J connectivity index is 2.33. The number of benzene rings is 1. The zero-order chi connectivity index (χ0) is 10.8. The van der Waals surface area contributed by atoms with E-state index in [-0.39, 0.29) is 11.8 Å². The summed E-state index contributed by atoms with van der Waals surface area (Å²) in [6.45, 7) is 0.700. The number of hydrogen-bond donors (Lipinski definition) is 1. The molecule has 1 aromatic rings. The predicted octanol–water partition coefficient (Wildman–Crippen LogP) is 2.06. The summed E-state index contributed by atoms with van der Waals surface area (Å²) < 4.78 is 6.30. The van der Waals surface area contributed by atoms with Gasteiger partial charge < -0.3 is 10.1 Å². The van der Waals surface area contributed by atoms with E-state index in [0.717, 1.165) is 15.8 Å². The van der Waals surface area contributed by atoms with Crippen molar-refractivity contribution in [2.24, 2.45) is 0 Å². The fraction of sp³-hybridized carbons (Fsp3) is 0.364. The van der Waals surface area contributed by atoms with Crippen LogP contribution in [0, 0.1) is 0 Å². The van der Waals surface area contributed by atoms with Crippen molar-refractivity contribution in [2.75, 3.05) is 13.7 Å². The van der Waals surface area contributed by atoms with Crippen molar-refractivity contribution >= 4 is 21.8 Å². The van der Waals surface area contributed by atoms with Crippen LogP contribution in [-0.2, 0) is 4.79 Å². The minimum absolute atomic E-state index is 0.113. The van der Waals surface area contributed by atoms with E-state index in [1.165, 1.54) is 0 Å². The molecule has 1 heterocycles. The van der Waals surface area contributed by atoms with Crippen LogP contribution < -0.4 is 10.1 Å². The second-order valence-corrected chi connectivity index (χ2v) is 4.51. The molecule has 0 aliphatic carbocycles. The van der Waals surface area contributed by atoms with E-state index in [1.54, 1.807) is 7.11 Å². The highest BCUT2D eigenvalue weighted by molar-refractivity contribution is 9.10. The molecule has 15 heavy (non-hydrogen) atoms. The third-order valence-electron chi connectivity index (χ3n) is 2.61. The number of carbonyl (C=O) groups excluding carboxylic acids is 1. The van der Waals surface area contributed by atoms with Crippen molar-refractivity contribution in [1.29, 1.82) is 0 Å². The second kappa shape index (κ2) is 4.23. The maximum absolute atomic E-state index is 11.1. The molecule has 1 saturated heterocycles. The fourth-order valence-corrected chi connectivity index (χ4v) is 2.23. The number of amides is 1. The normalized spacial score (nSPS) is 20.1. The van der Waals surface area contributed by atoms with Crippen molar-refractivity contribution in [1.82, 2.24) is 5.32 Å². The lowest BCUT2D eigenvalue weighted by atomic mass is 9.97. The van der Waals surface area contributed by atoms with Crippen LogP contribution in [0.15, 0.2) is 22.7 Å². The lowest BCUT2D eigenvalue weighted by Gasteiger charge is -2.13. The highest BCUT2D eigenvalue weighted by Gasteiger charge is 2.25. The Kier molecular flexibility index (Phi) is 2.95. The topological polar surface area (TPSA) is 38.3 Å². The van der Waals surface area contributed by atoms with Gasteiger partial charge in [-0.05, 0) is 18.2 Å². The molecule has 1 atom stereocenters. The van der Waals surface area contributed by atoms with Crippen molar-refractivity contribution in [3.05, 3.63) is 28.2 Å². The molecule has 0 radical (unpaired) electrons. The smallest absolute Gasteiger partial charge is 0.220 e. The highest BCUT2D eigenvalue weighted by Crippen LogP contribution is 2.33. The molecule has 0 aromatic heterocycles. The van der Waals surface area contributed by atoms with Crippen LogP contribution >= 0.6 is 15.9 Å². The fourth-order valence-electron chi connectivity index (χ4n) is 1.85. The quantitative estimate of drug-likeness (QED) is 0.893. The average molecular weight is 270 g/mol.